The summed E-state index contributed by atoms with van der Waals surface area (Å²) in [5.74, 6) is 0.762. The molecule has 3 rings (SSSR count). The van der Waals surface area contributed by atoms with Crippen LogP contribution in [0.3, 0.4) is 0 Å². The molecule has 1 saturated heterocycles. The highest BCUT2D eigenvalue weighted by Gasteiger charge is 2.44. The van der Waals surface area contributed by atoms with Crippen molar-refractivity contribution in [1.29, 1.82) is 0 Å². The Hall–Kier alpha value is -1.75. The number of hydroxylamine groups is 2. The summed E-state index contributed by atoms with van der Waals surface area (Å²) in [5, 5.41) is 2.20. The van der Waals surface area contributed by atoms with Crippen molar-refractivity contribution >= 4 is 29.3 Å². The zero-order valence-corrected chi connectivity index (χ0v) is 17.2. The second kappa shape index (κ2) is 8.51. The number of hydrogen-bond donors (Lipinski definition) is 0. The Morgan fingerprint density at radius 1 is 1.15 bits per heavy atom. The lowest BCUT2D eigenvalue weighted by atomic mass is 10.0. The summed E-state index contributed by atoms with van der Waals surface area (Å²) >= 11 is 7.76. The maximum absolute atomic E-state index is 12.6. The van der Waals surface area contributed by atoms with Crippen molar-refractivity contribution in [3.63, 3.8) is 0 Å². The van der Waals surface area contributed by atoms with E-state index in [4.69, 9.17) is 16.4 Å². The molecule has 1 fully saturated rings. The van der Waals surface area contributed by atoms with Gasteiger partial charge in [0.15, 0.2) is 0 Å². The number of nitrogens with zero attached hydrogens (tertiary/aromatic N) is 1. The van der Waals surface area contributed by atoms with Crippen molar-refractivity contribution in [3.8, 4) is 0 Å². The van der Waals surface area contributed by atoms with Crippen LogP contribution in [0, 0.1) is 0 Å². The number of amides is 1. The highest BCUT2D eigenvalue weighted by Crippen LogP contribution is 2.40. The number of halogens is 1. The summed E-state index contributed by atoms with van der Waals surface area (Å²) in [6.07, 6.45) is 0.619. The van der Waals surface area contributed by atoms with Crippen molar-refractivity contribution in [2.24, 2.45) is 0 Å². The molecular weight excluding hydrogens is 378 g/mol. The molecule has 0 radical (unpaired) electrons. The lowest BCUT2D eigenvalue weighted by Crippen LogP contribution is -2.45. The number of carbonyl (C=O) groups excluding carboxylic acids is 1. The van der Waals surface area contributed by atoms with Crippen LogP contribution in [0.1, 0.15) is 31.4 Å². The molecule has 27 heavy (non-hydrogen) atoms. The maximum atomic E-state index is 12.6. The fourth-order valence-corrected chi connectivity index (χ4v) is 4.27. The summed E-state index contributed by atoms with van der Waals surface area (Å²) in [4.78, 5) is 18.5. The Morgan fingerprint density at radius 2 is 1.81 bits per heavy atom. The molecule has 0 aliphatic carbocycles. The third-order valence-corrected chi connectivity index (χ3v) is 6.51. The molecule has 1 heterocycles. The molecular formula is C22H24ClNO2S. The molecule has 0 aromatic heterocycles. The van der Waals surface area contributed by atoms with E-state index < -0.39 is 0 Å². The average Bonchev–Trinajstić information content (AvgIpc) is 2.96. The molecule has 3 nitrogen and oxygen atoms in total. The molecule has 142 valence electrons. The zero-order chi connectivity index (χ0) is 19.4. The fourth-order valence-electron chi connectivity index (χ4n) is 3.04. The molecule has 1 unspecified atom stereocenters. The molecule has 1 aliphatic heterocycles. The normalized spacial score (nSPS) is 17.6. The Kier molecular flexibility index (Phi) is 6.30. The Labute approximate surface area is 170 Å². The first-order valence-electron chi connectivity index (χ1n) is 8.93. The minimum absolute atomic E-state index is 0.0569. The highest BCUT2D eigenvalue weighted by atomic mass is 35.5. The summed E-state index contributed by atoms with van der Waals surface area (Å²) in [5.41, 5.74) is 2.84. The predicted octanol–water partition coefficient (Wildman–Crippen LogP) is 5.64. The van der Waals surface area contributed by atoms with E-state index in [2.05, 4.69) is 32.6 Å². The first kappa shape index (κ1) is 20.0. The van der Waals surface area contributed by atoms with Gasteiger partial charge in [-0.2, -0.15) is 0 Å². The Morgan fingerprint density at radius 3 is 2.48 bits per heavy atom. The van der Waals surface area contributed by atoms with Crippen molar-refractivity contribution in [1.82, 2.24) is 5.06 Å². The van der Waals surface area contributed by atoms with E-state index in [0.29, 0.717) is 23.6 Å². The van der Waals surface area contributed by atoms with E-state index >= 15 is 0 Å². The van der Waals surface area contributed by atoms with Gasteiger partial charge in [0, 0.05) is 27.5 Å². The monoisotopic (exact) mass is 401 g/mol. The quantitative estimate of drug-likeness (QED) is 0.562. The van der Waals surface area contributed by atoms with Gasteiger partial charge in [-0.25, -0.2) is 5.06 Å². The van der Waals surface area contributed by atoms with Gasteiger partial charge in [-0.15, -0.1) is 11.8 Å². The van der Waals surface area contributed by atoms with Gasteiger partial charge in [0.25, 0.3) is 5.91 Å². The van der Waals surface area contributed by atoms with Gasteiger partial charge in [0.05, 0.1) is 6.04 Å². The molecule has 0 saturated carbocycles. The van der Waals surface area contributed by atoms with E-state index in [0.717, 1.165) is 11.3 Å². The minimum Gasteiger partial charge on any atom is -0.267 e. The summed E-state index contributed by atoms with van der Waals surface area (Å²) < 4.78 is -0.176. The number of benzene rings is 2. The van der Waals surface area contributed by atoms with Crippen LogP contribution in [-0.4, -0.2) is 21.8 Å². The van der Waals surface area contributed by atoms with Crippen molar-refractivity contribution in [3.05, 3.63) is 82.9 Å². The number of hydrogen-bond acceptors (Lipinski definition) is 3. The summed E-state index contributed by atoms with van der Waals surface area (Å²) in [6, 6.07) is 17.8. The molecule has 1 atom stereocenters. The van der Waals surface area contributed by atoms with Crippen LogP contribution in [0.4, 0.5) is 0 Å². The molecule has 1 aliphatic rings. The van der Waals surface area contributed by atoms with Crippen LogP contribution in [0.25, 0.3) is 0 Å². The topological polar surface area (TPSA) is 29.5 Å². The summed E-state index contributed by atoms with van der Waals surface area (Å²) in [7, 11) is 0. The van der Waals surface area contributed by atoms with Crippen molar-refractivity contribution in [2.75, 3.05) is 0 Å². The molecule has 2 aromatic rings. The predicted molar refractivity (Wildman–Crippen MR) is 112 cm³/mol. The Balaban J connectivity index is 1.68. The molecule has 2 aromatic carbocycles. The maximum Gasteiger partial charge on any atom is 0.273 e. The van der Waals surface area contributed by atoms with Gasteiger partial charge < -0.3 is 0 Å². The smallest absolute Gasteiger partial charge is 0.267 e. The van der Waals surface area contributed by atoms with Crippen LogP contribution in [0.2, 0.25) is 5.02 Å². The highest BCUT2D eigenvalue weighted by molar-refractivity contribution is 7.99. The van der Waals surface area contributed by atoms with Gasteiger partial charge in [-0.3, -0.25) is 9.63 Å². The second-order valence-corrected chi connectivity index (χ2v) is 9.30. The Bertz CT molecular complexity index is 805. The third-order valence-electron chi connectivity index (χ3n) is 4.77. The van der Waals surface area contributed by atoms with Gasteiger partial charge in [-0.05, 0) is 37.1 Å². The number of carbonyl (C=O) groups is 1. The molecule has 0 N–H and O–H groups in total. The van der Waals surface area contributed by atoms with Crippen molar-refractivity contribution < 1.29 is 9.63 Å². The number of thioether (sulfide) groups is 1. The largest absolute Gasteiger partial charge is 0.273 e. The molecule has 1 amide bonds. The molecule has 0 spiro atoms. The SMILES string of the molecule is C=C1CC(C(C)(C)SCc2ccccc2)N(OCc2ccc(Cl)cc2)C1=O. The standard InChI is InChI=1S/C22H24ClNO2S/c1-16-13-20(22(2,3)27-15-18-7-5-4-6-8-18)24(21(16)25)26-14-17-9-11-19(23)12-10-17/h4-12,20H,1,13-15H2,2-3H3. The van der Waals surface area contributed by atoms with E-state index in [1.165, 1.54) is 10.6 Å². The zero-order valence-electron chi connectivity index (χ0n) is 15.7. The fraction of sp³-hybridized carbons (Fsp3) is 0.318. The lowest BCUT2D eigenvalue weighted by molar-refractivity contribution is -0.196. The van der Waals surface area contributed by atoms with Crippen LogP contribution < -0.4 is 0 Å². The van der Waals surface area contributed by atoms with Crippen LogP contribution in [0.5, 0.6) is 0 Å². The van der Waals surface area contributed by atoms with Crippen LogP contribution in [-0.2, 0) is 22.0 Å². The first-order chi connectivity index (χ1) is 12.9. The van der Waals surface area contributed by atoms with Gasteiger partial charge in [-0.1, -0.05) is 60.6 Å². The van der Waals surface area contributed by atoms with Gasteiger partial charge >= 0.3 is 0 Å². The van der Waals surface area contributed by atoms with Gasteiger partial charge in [0.1, 0.15) is 6.61 Å². The van der Waals surface area contributed by atoms with Crippen molar-refractivity contribution in [2.45, 2.75) is 43.4 Å². The van der Waals surface area contributed by atoms with E-state index in [1.54, 1.807) is 0 Å². The molecule has 5 heteroatoms. The van der Waals surface area contributed by atoms with Crippen LogP contribution >= 0.6 is 23.4 Å². The second-order valence-electron chi connectivity index (χ2n) is 7.23. The lowest BCUT2D eigenvalue weighted by Gasteiger charge is -2.36. The average molecular weight is 402 g/mol. The summed E-state index contributed by atoms with van der Waals surface area (Å²) in [6.45, 7) is 8.59. The van der Waals surface area contributed by atoms with E-state index in [-0.39, 0.29) is 16.7 Å². The van der Waals surface area contributed by atoms with Gasteiger partial charge in [0.2, 0.25) is 0 Å². The van der Waals surface area contributed by atoms with E-state index in [9.17, 15) is 4.79 Å². The van der Waals surface area contributed by atoms with Crippen LogP contribution in [0.15, 0.2) is 66.7 Å². The first-order valence-corrected chi connectivity index (χ1v) is 10.3. The number of rotatable bonds is 7. The minimum atomic E-state index is -0.176. The van der Waals surface area contributed by atoms with E-state index in [1.807, 2.05) is 54.2 Å². The molecule has 0 bridgehead atoms. The third kappa shape index (κ3) is 4.95.